The molecule has 3 aromatic rings. The van der Waals surface area contributed by atoms with E-state index < -0.39 is 0 Å². The lowest BCUT2D eigenvalue weighted by molar-refractivity contribution is 0.189. The van der Waals surface area contributed by atoms with Gasteiger partial charge in [0.2, 0.25) is 0 Å². The fourth-order valence-corrected chi connectivity index (χ4v) is 3.99. The third kappa shape index (κ3) is 4.42. The van der Waals surface area contributed by atoms with Gasteiger partial charge in [-0.2, -0.15) is 10.4 Å². The van der Waals surface area contributed by atoms with Crippen LogP contribution in [0.3, 0.4) is 0 Å². The van der Waals surface area contributed by atoms with E-state index in [4.69, 9.17) is 5.26 Å². The Hall–Kier alpha value is -3.43. The largest absolute Gasteiger partial charge is 0.350 e. The lowest BCUT2D eigenvalue weighted by Crippen LogP contribution is -2.38. The molecule has 0 atom stereocenters. The Bertz CT molecular complexity index is 1110. The Kier molecular flexibility index (Phi) is 5.92. The van der Waals surface area contributed by atoms with Crippen LogP contribution in [-0.4, -0.2) is 38.9 Å². The second kappa shape index (κ2) is 8.93. The van der Waals surface area contributed by atoms with Crippen LogP contribution in [0.25, 0.3) is 11.8 Å². The topological polar surface area (TPSA) is 66.8 Å². The van der Waals surface area contributed by atoms with Gasteiger partial charge in [-0.15, -0.1) is 0 Å². The summed E-state index contributed by atoms with van der Waals surface area (Å²) in [4.78, 5) is 15.3. The van der Waals surface area contributed by atoms with Gasteiger partial charge in [-0.05, 0) is 49.6 Å². The van der Waals surface area contributed by atoms with E-state index in [-0.39, 0.29) is 11.7 Å². The number of piperidine rings is 1. The van der Waals surface area contributed by atoms with Crippen LogP contribution in [0.15, 0.2) is 71.3 Å². The van der Waals surface area contributed by atoms with Gasteiger partial charge in [-0.25, -0.2) is 14.0 Å². The molecule has 0 amide bonds. The molecule has 2 aromatic carbocycles. The Morgan fingerprint density at radius 2 is 1.83 bits per heavy atom. The molecule has 1 fully saturated rings. The van der Waals surface area contributed by atoms with Gasteiger partial charge in [0.25, 0.3) is 0 Å². The van der Waals surface area contributed by atoms with Crippen molar-refractivity contribution in [3.8, 4) is 11.8 Å². The Morgan fingerprint density at radius 1 is 1.13 bits per heavy atom. The first-order chi connectivity index (χ1) is 14.6. The van der Waals surface area contributed by atoms with Crippen molar-refractivity contribution in [3.05, 3.63) is 88.1 Å². The van der Waals surface area contributed by atoms with Gasteiger partial charge in [0.1, 0.15) is 6.33 Å². The number of nitrogens with zero attached hydrogens (tertiary/aromatic N) is 5. The number of likely N-dealkylation sites (tertiary alicyclic amines) is 1. The van der Waals surface area contributed by atoms with E-state index in [2.05, 4.69) is 53.3 Å². The molecule has 4 rings (SSSR count). The van der Waals surface area contributed by atoms with Gasteiger partial charge >= 0.3 is 5.69 Å². The van der Waals surface area contributed by atoms with E-state index in [0.717, 1.165) is 38.2 Å². The quantitative estimate of drug-likeness (QED) is 0.657. The summed E-state index contributed by atoms with van der Waals surface area (Å²) in [5.74, 6) is 0. The number of rotatable bonds is 5. The maximum atomic E-state index is 12.9. The maximum Gasteiger partial charge on any atom is 0.350 e. The monoisotopic (exact) mass is 399 g/mol. The van der Waals surface area contributed by atoms with Crippen LogP contribution in [0.5, 0.6) is 0 Å². The molecule has 0 unspecified atom stereocenters. The minimum atomic E-state index is -0.127. The van der Waals surface area contributed by atoms with Gasteiger partial charge in [-0.1, -0.05) is 42.0 Å². The van der Waals surface area contributed by atoms with Crippen molar-refractivity contribution in [2.24, 2.45) is 0 Å². The van der Waals surface area contributed by atoms with Crippen LogP contribution in [0, 0.1) is 11.3 Å². The van der Waals surface area contributed by atoms with Crippen molar-refractivity contribution in [2.75, 3.05) is 19.6 Å². The highest BCUT2D eigenvalue weighted by atomic mass is 16.2. The van der Waals surface area contributed by atoms with Crippen molar-refractivity contribution >= 4 is 6.08 Å². The van der Waals surface area contributed by atoms with Crippen LogP contribution in [0.1, 0.15) is 36.9 Å². The maximum absolute atomic E-state index is 12.9. The predicted molar refractivity (Wildman–Crippen MR) is 117 cm³/mol. The summed E-state index contributed by atoms with van der Waals surface area (Å²) in [6.45, 7) is 5.00. The Morgan fingerprint density at radius 3 is 2.50 bits per heavy atom. The summed E-state index contributed by atoms with van der Waals surface area (Å²) < 4.78 is 3.16. The third-order valence-electron chi connectivity index (χ3n) is 5.56. The van der Waals surface area contributed by atoms with Gasteiger partial charge in [0.15, 0.2) is 0 Å². The molecule has 6 heteroatoms. The first kappa shape index (κ1) is 19.9. The molecular weight excluding hydrogens is 374 g/mol. The molecule has 0 spiro atoms. The zero-order chi connectivity index (χ0) is 20.9. The zero-order valence-electron chi connectivity index (χ0n) is 17.1. The van der Waals surface area contributed by atoms with Crippen LogP contribution in [0.2, 0.25) is 0 Å². The molecule has 1 aliphatic rings. The molecule has 0 radical (unpaired) electrons. The number of nitriles is 1. The molecule has 1 aromatic heterocycles. The highest BCUT2D eigenvalue weighted by Crippen LogP contribution is 2.21. The smallest absolute Gasteiger partial charge is 0.299 e. The van der Waals surface area contributed by atoms with Crippen LogP contribution in [0.4, 0.5) is 0 Å². The summed E-state index contributed by atoms with van der Waals surface area (Å²) in [7, 11) is 0. The Labute approximate surface area is 176 Å². The van der Waals surface area contributed by atoms with Crippen LogP contribution in [-0.2, 0) is 0 Å². The average Bonchev–Trinajstić information content (AvgIpc) is 3.16. The molecule has 1 aliphatic heterocycles. The highest BCUT2D eigenvalue weighted by molar-refractivity contribution is 5.52. The van der Waals surface area contributed by atoms with E-state index in [1.807, 2.05) is 6.07 Å². The van der Waals surface area contributed by atoms with Gasteiger partial charge in [0, 0.05) is 19.6 Å². The van der Waals surface area contributed by atoms with E-state index in [0.29, 0.717) is 5.56 Å². The minimum Gasteiger partial charge on any atom is -0.299 e. The molecule has 152 valence electrons. The van der Waals surface area contributed by atoms with Crippen LogP contribution < -0.4 is 5.69 Å². The molecule has 2 heterocycles. The fraction of sp³-hybridized carbons (Fsp3) is 0.292. The molecule has 0 saturated carbocycles. The van der Waals surface area contributed by atoms with Gasteiger partial charge < -0.3 is 0 Å². The summed E-state index contributed by atoms with van der Waals surface area (Å²) in [6.07, 6.45) is 5.62. The van der Waals surface area contributed by atoms with Crippen molar-refractivity contribution in [3.63, 3.8) is 0 Å². The number of aromatic nitrogens is 3. The van der Waals surface area contributed by atoms with Crippen molar-refractivity contribution in [1.82, 2.24) is 19.2 Å². The molecule has 0 bridgehead atoms. The van der Waals surface area contributed by atoms with Gasteiger partial charge in [0.05, 0.1) is 23.4 Å². The average molecular weight is 399 g/mol. The summed E-state index contributed by atoms with van der Waals surface area (Å²) >= 11 is 0. The molecule has 6 nitrogen and oxygen atoms in total. The fourth-order valence-electron chi connectivity index (χ4n) is 3.99. The number of hydrogen-bond acceptors (Lipinski definition) is 4. The minimum absolute atomic E-state index is 0.117. The van der Waals surface area contributed by atoms with E-state index in [9.17, 15) is 4.79 Å². The molecule has 0 aliphatic carbocycles. The lowest BCUT2D eigenvalue weighted by atomic mass is 10.0. The molecule has 30 heavy (non-hydrogen) atoms. The second-order valence-electron chi connectivity index (χ2n) is 7.80. The number of benzene rings is 2. The van der Waals surface area contributed by atoms with Crippen molar-refractivity contribution in [2.45, 2.75) is 25.8 Å². The molecular formula is C24H25N5O. The van der Waals surface area contributed by atoms with E-state index >= 15 is 0 Å². The summed E-state index contributed by atoms with van der Waals surface area (Å²) in [5.41, 5.74) is 3.73. The van der Waals surface area contributed by atoms with E-state index in [1.165, 1.54) is 11.1 Å². The predicted octanol–water partition coefficient (Wildman–Crippen LogP) is 3.65. The van der Waals surface area contributed by atoms with E-state index in [1.54, 1.807) is 39.8 Å². The zero-order valence-corrected chi connectivity index (χ0v) is 17.1. The van der Waals surface area contributed by atoms with Crippen molar-refractivity contribution < 1.29 is 0 Å². The lowest BCUT2D eigenvalue weighted by Gasteiger charge is -2.31. The third-order valence-corrected chi connectivity index (χ3v) is 5.56. The molecule has 1 saturated heterocycles. The van der Waals surface area contributed by atoms with Gasteiger partial charge in [-0.3, -0.25) is 4.90 Å². The van der Waals surface area contributed by atoms with Crippen LogP contribution >= 0.6 is 0 Å². The first-order valence-corrected chi connectivity index (χ1v) is 10.3. The number of hydrogen-bond donors (Lipinski definition) is 0. The standard InChI is InChI=1S/C24H25N5O/c1-19(15-20-5-3-2-4-6-20)17-27-13-11-23(12-14-27)29-24(30)28(18-26-29)22-9-7-21(16-25)8-10-22/h2-10,15,18,23H,11-14,17H2,1H3. The normalized spacial score (nSPS) is 15.8. The first-order valence-electron chi connectivity index (χ1n) is 10.3. The second-order valence-corrected chi connectivity index (χ2v) is 7.80. The van der Waals surface area contributed by atoms with Crippen molar-refractivity contribution in [1.29, 1.82) is 5.26 Å². The molecule has 0 N–H and O–H groups in total. The highest BCUT2D eigenvalue weighted by Gasteiger charge is 2.23. The SMILES string of the molecule is CC(=Cc1ccccc1)CN1CCC(n2ncn(-c3ccc(C#N)cc3)c2=O)CC1. The summed E-state index contributed by atoms with van der Waals surface area (Å²) in [6, 6.07) is 19.6. The Balaban J connectivity index is 1.39. The summed E-state index contributed by atoms with van der Waals surface area (Å²) in [5, 5.41) is 13.3.